The summed E-state index contributed by atoms with van der Waals surface area (Å²) in [5.74, 6) is 0.203. The minimum absolute atomic E-state index is 0.0835. The van der Waals surface area contributed by atoms with E-state index in [0.29, 0.717) is 0 Å². The Morgan fingerprint density at radius 2 is 1.94 bits per heavy atom. The van der Waals surface area contributed by atoms with Crippen LogP contribution in [0.4, 0.5) is 0 Å². The molecule has 2 rings (SSSR count). The molecule has 0 spiro atoms. The third kappa shape index (κ3) is 2.36. The number of benzene rings is 1. The van der Waals surface area contributed by atoms with Gasteiger partial charge in [0.1, 0.15) is 0 Å². The topological polar surface area (TPSA) is 17.1 Å². The molecule has 3 heteroatoms. The number of rotatable bonds is 4. The van der Waals surface area contributed by atoms with Crippen molar-refractivity contribution >= 4 is 28.9 Å². The molecule has 0 saturated heterocycles. The lowest BCUT2D eigenvalue weighted by Crippen LogP contribution is -2.07. The fourth-order valence-electron chi connectivity index (χ4n) is 1.57. The predicted octanol–water partition coefficient (Wildman–Crippen LogP) is 4.04. The Kier molecular flexibility index (Phi) is 3.80. The first-order valence-electron chi connectivity index (χ1n) is 4.98. The monoisotopic (exact) mass is 248 g/mol. The fraction of sp³-hybridized carbons (Fsp3) is 0.154. The standard InChI is InChI=1S/C13H12OS2/c1-15-13(10-6-3-2-4-7-10)12(14)11-8-5-9-16-11/h2-9,13H,1H3. The van der Waals surface area contributed by atoms with Crippen LogP contribution in [0.25, 0.3) is 0 Å². The number of ketones is 1. The smallest absolute Gasteiger partial charge is 0.190 e. The average Bonchev–Trinajstić information content (AvgIpc) is 2.85. The van der Waals surface area contributed by atoms with Gasteiger partial charge in [0.2, 0.25) is 0 Å². The normalized spacial score (nSPS) is 12.3. The molecular formula is C13H12OS2. The molecule has 0 radical (unpaired) electrons. The predicted molar refractivity (Wildman–Crippen MR) is 71.3 cm³/mol. The van der Waals surface area contributed by atoms with Crippen LogP contribution in [0.5, 0.6) is 0 Å². The highest BCUT2D eigenvalue weighted by atomic mass is 32.2. The van der Waals surface area contributed by atoms with Gasteiger partial charge in [-0.3, -0.25) is 4.79 Å². The summed E-state index contributed by atoms with van der Waals surface area (Å²) in [6.07, 6.45) is 1.98. The number of hydrogen-bond donors (Lipinski definition) is 0. The molecule has 0 aliphatic carbocycles. The highest BCUT2D eigenvalue weighted by molar-refractivity contribution is 7.99. The van der Waals surface area contributed by atoms with E-state index in [1.165, 1.54) is 11.3 Å². The van der Waals surface area contributed by atoms with Crippen molar-refractivity contribution in [3.8, 4) is 0 Å². The van der Waals surface area contributed by atoms with Gasteiger partial charge in [-0.1, -0.05) is 36.4 Å². The summed E-state index contributed by atoms with van der Waals surface area (Å²) >= 11 is 3.09. The molecule has 0 aliphatic heterocycles. The van der Waals surface area contributed by atoms with E-state index in [0.717, 1.165) is 10.4 Å². The second kappa shape index (κ2) is 5.32. The molecular weight excluding hydrogens is 236 g/mol. The fourth-order valence-corrected chi connectivity index (χ4v) is 3.11. The SMILES string of the molecule is CSC(C(=O)c1cccs1)c1ccccc1. The van der Waals surface area contributed by atoms with Crippen molar-refractivity contribution in [2.45, 2.75) is 5.25 Å². The van der Waals surface area contributed by atoms with Gasteiger partial charge in [0.05, 0.1) is 10.1 Å². The van der Waals surface area contributed by atoms with E-state index in [-0.39, 0.29) is 11.0 Å². The van der Waals surface area contributed by atoms with Crippen LogP contribution < -0.4 is 0 Å². The van der Waals surface area contributed by atoms with Gasteiger partial charge in [0, 0.05) is 0 Å². The van der Waals surface area contributed by atoms with Crippen LogP contribution in [-0.4, -0.2) is 12.0 Å². The molecule has 82 valence electrons. The molecule has 0 N–H and O–H groups in total. The van der Waals surface area contributed by atoms with Gasteiger partial charge in [0.25, 0.3) is 0 Å². The summed E-state index contributed by atoms with van der Waals surface area (Å²) in [6, 6.07) is 13.7. The van der Waals surface area contributed by atoms with Crippen LogP contribution in [0.2, 0.25) is 0 Å². The number of carbonyl (C=O) groups excluding carboxylic acids is 1. The third-order valence-electron chi connectivity index (χ3n) is 2.34. The van der Waals surface area contributed by atoms with Crippen LogP contribution in [-0.2, 0) is 0 Å². The summed E-state index contributed by atoms with van der Waals surface area (Å²) < 4.78 is 0. The van der Waals surface area contributed by atoms with Gasteiger partial charge in [-0.05, 0) is 23.3 Å². The van der Waals surface area contributed by atoms with Crippen LogP contribution in [0, 0.1) is 0 Å². The lowest BCUT2D eigenvalue weighted by molar-refractivity contribution is 0.0993. The number of hydrogen-bond acceptors (Lipinski definition) is 3. The minimum Gasteiger partial charge on any atom is -0.292 e. The summed E-state index contributed by atoms with van der Waals surface area (Å²) in [6.45, 7) is 0. The Balaban J connectivity index is 2.27. The molecule has 2 aromatic rings. The number of thioether (sulfide) groups is 1. The van der Waals surface area contributed by atoms with E-state index in [2.05, 4.69) is 0 Å². The van der Waals surface area contributed by atoms with Gasteiger partial charge in [-0.25, -0.2) is 0 Å². The van der Waals surface area contributed by atoms with E-state index in [1.807, 2.05) is 54.1 Å². The number of Topliss-reactive ketones (excluding diaryl/α,β-unsaturated/α-hetero) is 1. The zero-order chi connectivity index (χ0) is 11.4. The third-order valence-corrected chi connectivity index (χ3v) is 4.18. The van der Waals surface area contributed by atoms with E-state index >= 15 is 0 Å². The molecule has 0 fully saturated rings. The van der Waals surface area contributed by atoms with Crippen LogP contribution in [0.15, 0.2) is 47.8 Å². The maximum Gasteiger partial charge on any atom is 0.190 e. The zero-order valence-corrected chi connectivity index (χ0v) is 10.6. The van der Waals surface area contributed by atoms with Crippen molar-refractivity contribution in [3.63, 3.8) is 0 Å². The molecule has 16 heavy (non-hydrogen) atoms. The molecule has 1 nitrogen and oxygen atoms in total. The Hall–Kier alpha value is -1.06. The molecule has 0 amide bonds. The second-order valence-electron chi connectivity index (χ2n) is 3.37. The number of thiophene rings is 1. The van der Waals surface area contributed by atoms with Crippen molar-refractivity contribution in [1.82, 2.24) is 0 Å². The Labute approximate surface area is 104 Å². The van der Waals surface area contributed by atoms with Crippen LogP contribution >= 0.6 is 23.1 Å². The molecule has 1 aromatic carbocycles. The maximum absolute atomic E-state index is 12.2. The molecule has 0 aliphatic rings. The minimum atomic E-state index is -0.0835. The highest BCUT2D eigenvalue weighted by Gasteiger charge is 2.21. The van der Waals surface area contributed by atoms with Crippen molar-refractivity contribution in [3.05, 3.63) is 58.3 Å². The summed E-state index contributed by atoms with van der Waals surface area (Å²) in [7, 11) is 0. The second-order valence-corrected chi connectivity index (χ2v) is 5.26. The summed E-state index contributed by atoms with van der Waals surface area (Å²) in [4.78, 5) is 13.1. The van der Waals surface area contributed by atoms with E-state index < -0.39 is 0 Å². The van der Waals surface area contributed by atoms with Crippen molar-refractivity contribution in [2.24, 2.45) is 0 Å². The van der Waals surface area contributed by atoms with Gasteiger partial charge in [-0.2, -0.15) is 0 Å². The first-order valence-corrected chi connectivity index (χ1v) is 7.15. The van der Waals surface area contributed by atoms with E-state index in [9.17, 15) is 4.79 Å². The van der Waals surface area contributed by atoms with Gasteiger partial charge in [-0.15, -0.1) is 23.1 Å². The van der Waals surface area contributed by atoms with Crippen LogP contribution in [0.3, 0.4) is 0 Å². The quantitative estimate of drug-likeness (QED) is 0.760. The summed E-state index contributed by atoms with van der Waals surface area (Å²) in [5.41, 5.74) is 1.08. The van der Waals surface area contributed by atoms with Crippen molar-refractivity contribution in [1.29, 1.82) is 0 Å². The van der Waals surface area contributed by atoms with Gasteiger partial charge >= 0.3 is 0 Å². The molecule has 0 bridgehead atoms. The molecule has 1 unspecified atom stereocenters. The lowest BCUT2D eigenvalue weighted by Gasteiger charge is -2.12. The lowest BCUT2D eigenvalue weighted by atomic mass is 10.1. The van der Waals surface area contributed by atoms with E-state index in [1.54, 1.807) is 11.8 Å². The Morgan fingerprint density at radius 1 is 1.19 bits per heavy atom. The first kappa shape index (κ1) is 11.4. The van der Waals surface area contributed by atoms with Gasteiger partial charge < -0.3 is 0 Å². The molecule has 0 saturated carbocycles. The molecule has 1 atom stereocenters. The summed E-state index contributed by atoms with van der Waals surface area (Å²) in [5, 5.41) is 1.86. The molecule has 1 heterocycles. The van der Waals surface area contributed by atoms with Crippen molar-refractivity contribution < 1.29 is 4.79 Å². The number of carbonyl (C=O) groups is 1. The average molecular weight is 248 g/mol. The van der Waals surface area contributed by atoms with E-state index in [4.69, 9.17) is 0 Å². The van der Waals surface area contributed by atoms with Crippen LogP contribution in [0.1, 0.15) is 20.5 Å². The highest BCUT2D eigenvalue weighted by Crippen LogP contribution is 2.31. The zero-order valence-electron chi connectivity index (χ0n) is 8.92. The maximum atomic E-state index is 12.2. The largest absolute Gasteiger partial charge is 0.292 e. The van der Waals surface area contributed by atoms with Crippen molar-refractivity contribution in [2.75, 3.05) is 6.26 Å². The molecule has 1 aromatic heterocycles. The Bertz CT molecular complexity index is 448. The first-order chi connectivity index (χ1) is 7.83. The Morgan fingerprint density at radius 3 is 2.50 bits per heavy atom. The van der Waals surface area contributed by atoms with Gasteiger partial charge in [0.15, 0.2) is 5.78 Å².